The standard InChI is InChI=1S/C22H45N3/c1-21(2,3)18-25-14-12-24(13-15-25)17-20-10-8-19(9-11-20)16-23(7)22(4,5)6/h19-20H,8-18H2,1-7H3. The fourth-order valence-corrected chi connectivity index (χ4v) is 4.42. The van der Waals surface area contributed by atoms with Gasteiger partial charge in [-0.3, -0.25) is 0 Å². The molecule has 3 heteroatoms. The Bertz CT molecular complexity index is 377. The van der Waals surface area contributed by atoms with Gasteiger partial charge in [-0.1, -0.05) is 20.8 Å². The molecule has 1 heterocycles. The van der Waals surface area contributed by atoms with Crippen LogP contribution in [0.1, 0.15) is 67.2 Å². The fourth-order valence-electron chi connectivity index (χ4n) is 4.42. The molecule has 0 atom stereocenters. The fraction of sp³-hybridized carbons (Fsp3) is 1.00. The molecule has 0 aromatic heterocycles. The highest BCUT2D eigenvalue weighted by Gasteiger charge is 2.28. The van der Waals surface area contributed by atoms with E-state index in [1.807, 2.05) is 0 Å². The molecular weight excluding hydrogens is 306 g/mol. The molecule has 2 aliphatic rings. The molecule has 1 aliphatic carbocycles. The molecule has 2 rings (SSSR count). The molecule has 1 aliphatic heterocycles. The molecule has 1 saturated carbocycles. The van der Waals surface area contributed by atoms with Crippen LogP contribution in [0.4, 0.5) is 0 Å². The first kappa shape index (κ1) is 21.2. The highest BCUT2D eigenvalue weighted by Crippen LogP contribution is 2.31. The van der Waals surface area contributed by atoms with E-state index in [4.69, 9.17) is 0 Å². The quantitative estimate of drug-likeness (QED) is 0.735. The highest BCUT2D eigenvalue weighted by atomic mass is 15.3. The van der Waals surface area contributed by atoms with Gasteiger partial charge in [0.25, 0.3) is 0 Å². The maximum atomic E-state index is 2.74. The summed E-state index contributed by atoms with van der Waals surface area (Å²) in [6.07, 6.45) is 5.78. The van der Waals surface area contributed by atoms with Crippen molar-refractivity contribution in [2.24, 2.45) is 17.3 Å². The Balaban J connectivity index is 1.64. The number of nitrogens with zero attached hydrogens (tertiary/aromatic N) is 3. The van der Waals surface area contributed by atoms with Crippen molar-refractivity contribution in [3.05, 3.63) is 0 Å². The maximum absolute atomic E-state index is 2.74. The number of piperazine rings is 1. The van der Waals surface area contributed by atoms with E-state index in [2.05, 4.69) is 63.3 Å². The zero-order valence-electron chi connectivity index (χ0n) is 18.3. The molecule has 0 N–H and O–H groups in total. The van der Waals surface area contributed by atoms with Crippen LogP contribution < -0.4 is 0 Å². The number of hydrogen-bond acceptors (Lipinski definition) is 3. The van der Waals surface area contributed by atoms with Gasteiger partial charge in [-0.05, 0) is 70.8 Å². The van der Waals surface area contributed by atoms with E-state index < -0.39 is 0 Å². The SMILES string of the molecule is CN(CC1CCC(CN2CCN(CC(C)(C)C)CC2)CC1)C(C)(C)C. The van der Waals surface area contributed by atoms with Crippen LogP contribution in [0.3, 0.4) is 0 Å². The minimum Gasteiger partial charge on any atom is -0.301 e. The number of rotatable bonds is 5. The summed E-state index contributed by atoms with van der Waals surface area (Å²) in [4.78, 5) is 7.95. The van der Waals surface area contributed by atoms with Crippen LogP contribution in [0.15, 0.2) is 0 Å². The molecular formula is C22H45N3. The summed E-state index contributed by atoms with van der Waals surface area (Å²) >= 11 is 0. The van der Waals surface area contributed by atoms with Crippen LogP contribution in [0.5, 0.6) is 0 Å². The largest absolute Gasteiger partial charge is 0.301 e. The monoisotopic (exact) mass is 351 g/mol. The topological polar surface area (TPSA) is 9.72 Å². The molecule has 0 amide bonds. The van der Waals surface area contributed by atoms with Gasteiger partial charge in [0.15, 0.2) is 0 Å². The molecule has 1 saturated heterocycles. The molecule has 0 aromatic rings. The summed E-state index contributed by atoms with van der Waals surface area (Å²) in [5.74, 6) is 1.87. The van der Waals surface area contributed by atoms with Crippen LogP contribution in [-0.4, -0.2) is 73.1 Å². The van der Waals surface area contributed by atoms with Crippen molar-refractivity contribution in [2.45, 2.75) is 72.8 Å². The highest BCUT2D eigenvalue weighted by molar-refractivity contribution is 4.82. The van der Waals surface area contributed by atoms with E-state index in [1.54, 1.807) is 0 Å². The molecule has 2 fully saturated rings. The van der Waals surface area contributed by atoms with E-state index in [1.165, 1.54) is 71.5 Å². The zero-order valence-corrected chi connectivity index (χ0v) is 18.3. The van der Waals surface area contributed by atoms with E-state index in [-0.39, 0.29) is 0 Å². The molecule has 148 valence electrons. The third-order valence-corrected chi connectivity index (χ3v) is 6.32. The van der Waals surface area contributed by atoms with Gasteiger partial charge in [0.05, 0.1) is 0 Å². The summed E-state index contributed by atoms with van der Waals surface area (Å²) < 4.78 is 0. The van der Waals surface area contributed by atoms with Gasteiger partial charge in [0, 0.05) is 51.4 Å². The molecule has 0 aromatic carbocycles. The molecule has 0 bridgehead atoms. The number of hydrogen-bond donors (Lipinski definition) is 0. The Hall–Kier alpha value is -0.120. The van der Waals surface area contributed by atoms with Gasteiger partial charge < -0.3 is 14.7 Å². The second-order valence-corrected chi connectivity index (χ2v) is 11.1. The average Bonchev–Trinajstić information content (AvgIpc) is 2.49. The first-order valence-corrected chi connectivity index (χ1v) is 10.7. The first-order valence-electron chi connectivity index (χ1n) is 10.7. The smallest absolute Gasteiger partial charge is 0.0122 e. The van der Waals surface area contributed by atoms with Crippen molar-refractivity contribution in [3.8, 4) is 0 Å². The average molecular weight is 352 g/mol. The first-order chi connectivity index (χ1) is 11.5. The summed E-state index contributed by atoms with van der Waals surface area (Å²) in [5, 5.41) is 0. The van der Waals surface area contributed by atoms with E-state index in [0.29, 0.717) is 11.0 Å². The maximum Gasteiger partial charge on any atom is 0.0122 e. The predicted octanol–water partition coefficient (Wildman–Crippen LogP) is 4.19. The Morgan fingerprint density at radius 3 is 1.72 bits per heavy atom. The van der Waals surface area contributed by atoms with Crippen LogP contribution in [0, 0.1) is 17.3 Å². The Kier molecular flexibility index (Phi) is 7.38. The van der Waals surface area contributed by atoms with Crippen molar-refractivity contribution in [2.75, 3.05) is 52.9 Å². The lowest BCUT2D eigenvalue weighted by molar-refractivity contribution is 0.0776. The van der Waals surface area contributed by atoms with Gasteiger partial charge >= 0.3 is 0 Å². The summed E-state index contributed by atoms with van der Waals surface area (Å²) in [5.41, 5.74) is 0.740. The van der Waals surface area contributed by atoms with Crippen molar-refractivity contribution in [1.82, 2.24) is 14.7 Å². The van der Waals surface area contributed by atoms with Crippen LogP contribution >= 0.6 is 0 Å². The van der Waals surface area contributed by atoms with Gasteiger partial charge in [-0.2, -0.15) is 0 Å². The van der Waals surface area contributed by atoms with Crippen molar-refractivity contribution >= 4 is 0 Å². The molecule has 25 heavy (non-hydrogen) atoms. The Labute approximate surface area is 158 Å². The van der Waals surface area contributed by atoms with Crippen LogP contribution in [-0.2, 0) is 0 Å². The van der Waals surface area contributed by atoms with Gasteiger partial charge in [0.1, 0.15) is 0 Å². The Morgan fingerprint density at radius 1 is 0.760 bits per heavy atom. The van der Waals surface area contributed by atoms with E-state index in [0.717, 1.165) is 11.8 Å². The summed E-state index contributed by atoms with van der Waals surface area (Å²) in [6.45, 7) is 23.0. The molecule has 0 radical (unpaired) electrons. The van der Waals surface area contributed by atoms with Crippen LogP contribution in [0.2, 0.25) is 0 Å². The zero-order chi connectivity index (χ0) is 18.7. The minimum atomic E-state index is 0.309. The van der Waals surface area contributed by atoms with Gasteiger partial charge in [-0.25, -0.2) is 0 Å². The summed E-state index contributed by atoms with van der Waals surface area (Å²) in [7, 11) is 2.29. The Morgan fingerprint density at radius 2 is 1.24 bits per heavy atom. The second kappa shape index (κ2) is 8.71. The normalized spacial score (nSPS) is 27.8. The van der Waals surface area contributed by atoms with Gasteiger partial charge in [-0.15, -0.1) is 0 Å². The van der Waals surface area contributed by atoms with E-state index >= 15 is 0 Å². The lowest BCUT2D eigenvalue weighted by Crippen LogP contribution is -2.50. The minimum absolute atomic E-state index is 0.309. The van der Waals surface area contributed by atoms with Gasteiger partial charge in [0.2, 0.25) is 0 Å². The van der Waals surface area contributed by atoms with E-state index in [9.17, 15) is 0 Å². The van der Waals surface area contributed by atoms with Crippen molar-refractivity contribution in [3.63, 3.8) is 0 Å². The lowest BCUT2D eigenvalue weighted by Gasteiger charge is -2.41. The second-order valence-electron chi connectivity index (χ2n) is 11.1. The van der Waals surface area contributed by atoms with Crippen LogP contribution in [0.25, 0.3) is 0 Å². The third kappa shape index (κ3) is 7.56. The molecule has 3 nitrogen and oxygen atoms in total. The summed E-state index contributed by atoms with van der Waals surface area (Å²) in [6, 6.07) is 0. The molecule has 0 spiro atoms. The third-order valence-electron chi connectivity index (χ3n) is 6.32. The van der Waals surface area contributed by atoms with Crippen molar-refractivity contribution in [1.29, 1.82) is 0 Å². The van der Waals surface area contributed by atoms with Crippen molar-refractivity contribution < 1.29 is 0 Å². The predicted molar refractivity (Wildman–Crippen MR) is 110 cm³/mol. The lowest BCUT2D eigenvalue weighted by atomic mass is 9.81. The molecule has 0 unspecified atom stereocenters.